The van der Waals surface area contributed by atoms with Crippen molar-refractivity contribution in [2.24, 2.45) is 0 Å². The van der Waals surface area contributed by atoms with E-state index in [1.54, 1.807) is 29.8 Å². The molecule has 0 saturated heterocycles. The van der Waals surface area contributed by atoms with Crippen LogP contribution < -0.4 is 0 Å². The zero-order valence-corrected chi connectivity index (χ0v) is 10.9. The van der Waals surface area contributed by atoms with E-state index in [2.05, 4.69) is 6.58 Å². The van der Waals surface area contributed by atoms with Gasteiger partial charge in [-0.3, -0.25) is 9.69 Å². The van der Waals surface area contributed by atoms with Gasteiger partial charge in [0.15, 0.2) is 0 Å². The molecule has 0 bridgehead atoms. The van der Waals surface area contributed by atoms with Crippen LogP contribution in [0.1, 0.15) is 11.6 Å². The maximum Gasteiger partial charge on any atom is 0.325 e. The molecule has 0 saturated carbocycles. The molecule has 1 N–H and O–H groups in total. The Morgan fingerprint density at radius 2 is 2.12 bits per heavy atom. The minimum atomic E-state index is -0.841. The molecule has 1 atom stereocenters. The van der Waals surface area contributed by atoms with Crippen LogP contribution in [0.5, 0.6) is 0 Å². The Morgan fingerprint density at radius 3 is 2.53 bits per heavy atom. The molecule has 3 nitrogen and oxygen atoms in total. The molecule has 0 spiro atoms. The first-order valence-electron chi connectivity index (χ1n) is 5.28. The number of aliphatic carboxylic acids is 1. The molecule has 1 aromatic carbocycles. The monoisotopic (exact) mass is 251 g/mol. The fourth-order valence-corrected chi connectivity index (χ4v) is 2.09. The summed E-state index contributed by atoms with van der Waals surface area (Å²) in [6, 6.07) is 6.99. The molecule has 0 unspecified atom stereocenters. The number of hydrogen-bond acceptors (Lipinski definition) is 3. The molecule has 0 fully saturated rings. The van der Waals surface area contributed by atoms with Crippen molar-refractivity contribution in [3.63, 3.8) is 0 Å². The van der Waals surface area contributed by atoms with Crippen LogP contribution in [-0.2, 0) is 4.79 Å². The first kappa shape index (κ1) is 13.8. The smallest absolute Gasteiger partial charge is 0.325 e. The van der Waals surface area contributed by atoms with E-state index in [9.17, 15) is 9.90 Å². The average Bonchev–Trinajstić information content (AvgIpc) is 2.30. The lowest BCUT2D eigenvalue weighted by molar-refractivity contribution is -0.142. The standard InChI is InChI=1S/C13H17NO2S/c1-4-9-14(2)12(13(15)16)10-5-7-11(17-3)8-6-10/h4-8,12H,1,9H2,2-3H3,(H,15,16)/t12-/m0/s1. The van der Waals surface area contributed by atoms with E-state index >= 15 is 0 Å². The number of carbonyl (C=O) groups is 1. The van der Waals surface area contributed by atoms with E-state index in [0.29, 0.717) is 6.54 Å². The molecule has 0 radical (unpaired) electrons. The Morgan fingerprint density at radius 1 is 1.53 bits per heavy atom. The molecular weight excluding hydrogens is 234 g/mol. The number of nitrogens with zero attached hydrogens (tertiary/aromatic N) is 1. The van der Waals surface area contributed by atoms with Crippen LogP contribution in [0, 0.1) is 0 Å². The van der Waals surface area contributed by atoms with Gasteiger partial charge >= 0.3 is 5.97 Å². The summed E-state index contributed by atoms with van der Waals surface area (Å²) >= 11 is 1.64. The van der Waals surface area contributed by atoms with Crippen molar-refractivity contribution in [3.8, 4) is 0 Å². The lowest BCUT2D eigenvalue weighted by atomic mass is 10.1. The second-order valence-electron chi connectivity index (χ2n) is 3.74. The van der Waals surface area contributed by atoms with E-state index in [4.69, 9.17) is 0 Å². The fraction of sp³-hybridized carbons (Fsp3) is 0.308. The highest BCUT2D eigenvalue weighted by Gasteiger charge is 2.23. The van der Waals surface area contributed by atoms with Gasteiger partial charge in [-0.25, -0.2) is 0 Å². The van der Waals surface area contributed by atoms with Gasteiger partial charge in [0.2, 0.25) is 0 Å². The lowest BCUT2D eigenvalue weighted by Crippen LogP contribution is -2.30. The second kappa shape index (κ2) is 6.47. The van der Waals surface area contributed by atoms with Crippen LogP contribution in [-0.4, -0.2) is 35.8 Å². The highest BCUT2D eigenvalue weighted by molar-refractivity contribution is 7.98. The summed E-state index contributed by atoms with van der Waals surface area (Å²) < 4.78 is 0. The van der Waals surface area contributed by atoms with E-state index in [0.717, 1.165) is 10.5 Å². The summed E-state index contributed by atoms with van der Waals surface area (Å²) in [5, 5.41) is 9.27. The summed E-state index contributed by atoms with van der Waals surface area (Å²) in [5.74, 6) is -0.841. The first-order chi connectivity index (χ1) is 8.10. The molecule has 0 aliphatic heterocycles. The van der Waals surface area contributed by atoms with Crippen molar-refractivity contribution in [2.75, 3.05) is 19.8 Å². The van der Waals surface area contributed by atoms with Crippen LogP contribution in [0.2, 0.25) is 0 Å². The van der Waals surface area contributed by atoms with Crippen LogP contribution in [0.4, 0.5) is 0 Å². The van der Waals surface area contributed by atoms with Crippen molar-refractivity contribution < 1.29 is 9.90 Å². The third-order valence-electron chi connectivity index (χ3n) is 2.52. The minimum Gasteiger partial charge on any atom is -0.480 e. The van der Waals surface area contributed by atoms with Crippen LogP contribution in [0.3, 0.4) is 0 Å². The van der Waals surface area contributed by atoms with Gasteiger partial charge in [-0.15, -0.1) is 18.3 Å². The van der Waals surface area contributed by atoms with E-state index in [1.165, 1.54) is 0 Å². The molecule has 0 aliphatic carbocycles. The summed E-state index contributed by atoms with van der Waals surface area (Å²) in [7, 11) is 1.78. The SMILES string of the molecule is C=CCN(C)[C@H](C(=O)O)c1ccc(SC)cc1. The quantitative estimate of drug-likeness (QED) is 0.623. The molecule has 0 aliphatic rings. The Bertz CT molecular complexity index is 389. The zero-order chi connectivity index (χ0) is 12.8. The topological polar surface area (TPSA) is 40.5 Å². The van der Waals surface area contributed by atoms with Gasteiger partial charge in [-0.1, -0.05) is 18.2 Å². The second-order valence-corrected chi connectivity index (χ2v) is 4.62. The highest BCUT2D eigenvalue weighted by Crippen LogP contribution is 2.23. The molecule has 92 valence electrons. The molecule has 1 aromatic rings. The summed E-state index contributed by atoms with van der Waals surface area (Å²) in [5.41, 5.74) is 0.791. The number of benzene rings is 1. The number of rotatable bonds is 6. The highest BCUT2D eigenvalue weighted by atomic mass is 32.2. The normalized spacial score (nSPS) is 12.4. The van der Waals surface area contributed by atoms with Gasteiger partial charge < -0.3 is 5.11 Å². The molecule has 4 heteroatoms. The van der Waals surface area contributed by atoms with Gasteiger partial charge in [-0.2, -0.15) is 0 Å². The first-order valence-corrected chi connectivity index (χ1v) is 6.50. The van der Waals surface area contributed by atoms with Crippen molar-refractivity contribution in [3.05, 3.63) is 42.5 Å². The fourth-order valence-electron chi connectivity index (χ4n) is 1.68. The van der Waals surface area contributed by atoms with Crippen molar-refractivity contribution in [2.45, 2.75) is 10.9 Å². The van der Waals surface area contributed by atoms with Gasteiger partial charge in [0, 0.05) is 11.4 Å². The van der Waals surface area contributed by atoms with Crippen LogP contribution in [0.15, 0.2) is 41.8 Å². The summed E-state index contributed by atoms with van der Waals surface area (Å²) in [6.07, 6.45) is 3.69. The zero-order valence-electron chi connectivity index (χ0n) is 10.1. The molecule has 1 rings (SSSR count). The maximum absolute atomic E-state index is 11.3. The number of hydrogen-bond donors (Lipinski definition) is 1. The molecule has 17 heavy (non-hydrogen) atoms. The van der Waals surface area contributed by atoms with Gasteiger partial charge in [0.25, 0.3) is 0 Å². The van der Waals surface area contributed by atoms with Crippen LogP contribution >= 0.6 is 11.8 Å². The van der Waals surface area contributed by atoms with Gasteiger partial charge in [-0.05, 0) is 31.0 Å². The van der Waals surface area contributed by atoms with E-state index in [-0.39, 0.29) is 0 Å². The number of carboxylic acids is 1. The Kier molecular flexibility index (Phi) is 5.25. The van der Waals surface area contributed by atoms with Crippen molar-refractivity contribution in [1.82, 2.24) is 4.90 Å². The molecule has 0 heterocycles. The third-order valence-corrected chi connectivity index (χ3v) is 3.27. The van der Waals surface area contributed by atoms with Crippen molar-refractivity contribution in [1.29, 1.82) is 0 Å². The van der Waals surface area contributed by atoms with Crippen molar-refractivity contribution >= 4 is 17.7 Å². The Balaban J connectivity index is 2.96. The van der Waals surface area contributed by atoms with E-state index < -0.39 is 12.0 Å². The molecule has 0 aromatic heterocycles. The third kappa shape index (κ3) is 3.61. The number of carboxylic acid groups (broad SMARTS) is 1. The number of thioether (sulfide) groups is 1. The number of likely N-dealkylation sites (N-methyl/N-ethyl adjacent to an activating group) is 1. The van der Waals surface area contributed by atoms with Gasteiger partial charge in [0.05, 0.1) is 0 Å². The summed E-state index contributed by atoms with van der Waals surface area (Å²) in [6.45, 7) is 4.17. The Labute approximate surface area is 106 Å². The summed E-state index contributed by atoms with van der Waals surface area (Å²) in [4.78, 5) is 14.2. The molecular formula is C13H17NO2S. The molecule has 0 amide bonds. The Hall–Kier alpha value is -1.26. The largest absolute Gasteiger partial charge is 0.480 e. The maximum atomic E-state index is 11.3. The van der Waals surface area contributed by atoms with Crippen LogP contribution in [0.25, 0.3) is 0 Å². The lowest BCUT2D eigenvalue weighted by Gasteiger charge is -2.23. The predicted molar refractivity (Wildman–Crippen MR) is 71.4 cm³/mol. The van der Waals surface area contributed by atoms with Gasteiger partial charge in [0.1, 0.15) is 6.04 Å². The minimum absolute atomic E-state index is 0.543. The average molecular weight is 251 g/mol. The predicted octanol–water partition coefficient (Wildman–Crippen LogP) is 2.65. The van der Waals surface area contributed by atoms with E-state index in [1.807, 2.05) is 30.5 Å².